The summed E-state index contributed by atoms with van der Waals surface area (Å²) in [6.07, 6.45) is 4.50. The summed E-state index contributed by atoms with van der Waals surface area (Å²) < 4.78 is 5.60. The van der Waals surface area contributed by atoms with Gasteiger partial charge in [-0.15, -0.1) is 0 Å². The van der Waals surface area contributed by atoms with Crippen LogP contribution in [0.1, 0.15) is 64.0 Å². The number of ether oxygens (including phenoxy) is 1. The monoisotopic (exact) mass is 368 g/mol. The molecular formula is C22H28N2O3. The van der Waals surface area contributed by atoms with Gasteiger partial charge >= 0.3 is 6.09 Å². The molecule has 0 aromatic heterocycles. The lowest BCUT2D eigenvalue weighted by Crippen LogP contribution is -2.56. The zero-order valence-corrected chi connectivity index (χ0v) is 16.4. The zero-order chi connectivity index (χ0) is 19.6. The second-order valence-electron chi connectivity index (χ2n) is 8.75. The van der Waals surface area contributed by atoms with E-state index in [-0.39, 0.29) is 29.9 Å². The number of ketones is 1. The molecule has 1 amide bonds. The molecule has 0 radical (unpaired) electrons. The van der Waals surface area contributed by atoms with Crippen LogP contribution in [-0.2, 0) is 16.0 Å². The lowest BCUT2D eigenvalue weighted by Gasteiger charge is -2.48. The first-order valence-electron chi connectivity index (χ1n) is 9.80. The van der Waals surface area contributed by atoms with Crippen molar-refractivity contribution in [2.75, 3.05) is 0 Å². The van der Waals surface area contributed by atoms with Crippen LogP contribution in [0.2, 0.25) is 0 Å². The van der Waals surface area contributed by atoms with Crippen LogP contribution >= 0.6 is 0 Å². The van der Waals surface area contributed by atoms with Gasteiger partial charge in [0.1, 0.15) is 11.4 Å². The summed E-state index contributed by atoms with van der Waals surface area (Å²) in [7, 11) is 0. The summed E-state index contributed by atoms with van der Waals surface area (Å²) in [6.45, 7) is 5.64. The molecule has 0 aliphatic carbocycles. The van der Waals surface area contributed by atoms with Gasteiger partial charge in [-0.2, -0.15) is 5.26 Å². The number of benzene rings is 1. The van der Waals surface area contributed by atoms with Crippen molar-refractivity contribution in [3.05, 3.63) is 35.4 Å². The van der Waals surface area contributed by atoms with Crippen molar-refractivity contribution in [1.29, 1.82) is 5.26 Å². The third kappa shape index (κ3) is 4.68. The molecule has 2 heterocycles. The van der Waals surface area contributed by atoms with Gasteiger partial charge in [0.2, 0.25) is 0 Å². The summed E-state index contributed by atoms with van der Waals surface area (Å²) >= 11 is 0. The van der Waals surface area contributed by atoms with Gasteiger partial charge < -0.3 is 9.64 Å². The second kappa shape index (κ2) is 7.72. The summed E-state index contributed by atoms with van der Waals surface area (Å²) in [5.74, 6) is 0.190. The third-order valence-corrected chi connectivity index (χ3v) is 5.47. The van der Waals surface area contributed by atoms with Crippen LogP contribution in [0.5, 0.6) is 0 Å². The maximum Gasteiger partial charge on any atom is 0.410 e. The summed E-state index contributed by atoms with van der Waals surface area (Å²) in [5.41, 5.74) is 0.958. The van der Waals surface area contributed by atoms with Crippen molar-refractivity contribution in [2.24, 2.45) is 5.92 Å². The SMILES string of the molecule is CC(C)(C)OC(=O)N1C2CCCC1CC(C(=O)Cc1cccc(C#N)c1)C2. The van der Waals surface area contributed by atoms with E-state index in [4.69, 9.17) is 10.00 Å². The fourth-order valence-corrected chi connectivity index (χ4v) is 4.35. The first-order valence-corrected chi connectivity index (χ1v) is 9.80. The highest BCUT2D eigenvalue weighted by Gasteiger charge is 2.44. The number of carbonyl (C=O) groups is 2. The number of fused-ring (bicyclic) bond motifs is 2. The molecule has 144 valence electrons. The van der Waals surface area contributed by atoms with Crippen molar-refractivity contribution in [3.8, 4) is 6.07 Å². The van der Waals surface area contributed by atoms with E-state index in [2.05, 4.69) is 6.07 Å². The Bertz CT molecular complexity index is 746. The van der Waals surface area contributed by atoms with Crippen LogP contribution in [0.3, 0.4) is 0 Å². The quantitative estimate of drug-likeness (QED) is 0.800. The predicted molar refractivity (Wildman–Crippen MR) is 102 cm³/mol. The lowest BCUT2D eigenvalue weighted by molar-refractivity contribution is -0.126. The minimum atomic E-state index is -0.510. The number of hydrogen-bond donors (Lipinski definition) is 0. The van der Waals surface area contributed by atoms with Crippen LogP contribution < -0.4 is 0 Å². The molecule has 2 aliphatic rings. The predicted octanol–water partition coefficient (Wildman–Crippen LogP) is 4.24. The van der Waals surface area contributed by atoms with Crippen molar-refractivity contribution < 1.29 is 14.3 Å². The minimum Gasteiger partial charge on any atom is -0.444 e. The van der Waals surface area contributed by atoms with E-state index >= 15 is 0 Å². The van der Waals surface area contributed by atoms with Gasteiger partial charge in [-0.1, -0.05) is 12.1 Å². The summed E-state index contributed by atoms with van der Waals surface area (Å²) in [4.78, 5) is 27.4. The fraction of sp³-hybridized carbons (Fsp3) is 0.591. The van der Waals surface area contributed by atoms with E-state index in [0.29, 0.717) is 24.8 Å². The topological polar surface area (TPSA) is 70.4 Å². The molecule has 0 N–H and O–H groups in total. The molecule has 2 aliphatic heterocycles. The van der Waals surface area contributed by atoms with Gasteiger partial charge in [-0.05, 0) is 70.6 Å². The van der Waals surface area contributed by atoms with Crippen LogP contribution in [0.15, 0.2) is 24.3 Å². The highest BCUT2D eigenvalue weighted by Crippen LogP contribution is 2.38. The minimum absolute atomic E-state index is 0.0234. The van der Waals surface area contributed by atoms with Gasteiger partial charge in [-0.3, -0.25) is 4.79 Å². The molecule has 27 heavy (non-hydrogen) atoms. The third-order valence-electron chi connectivity index (χ3n) is 5.47. The molecule has 5 heteroatoms. The largest absolute Gasteiger partial charge is 0.444 e. The van der Waals surface area contributed by atoms with Crippen LogP contribution in [-0.4, -0.2) is 34.5 Å². The van der Waals surface area contributed by atoms with Crippen molar-refractivity contribution in [2.45, 2.75) is 77.0 Å². The van der Waals surface area contributed by atoms with Crippen LogP contribution in [0.25, 0.3) is 0 Å². The average molecular weight is 368 g/mol. The lowest BCUT2D eigenvalue weighted by atomic mass is 9.76. The Balaban J connectivity index is 1.68. The molecule has 3 rings (SSSR count). The Hall–Kier alpha value is -2.35. The standard InChI is InChI=1S/C22H28N2O3/c1-22(2,3)27-21(26)24-18-8-5-9-19(24)13-17(12-18)20(25)11-15-6-4-7-16(10-15)14-23/h4,6-7,10,17-19H,5,8-9,11-13H2,1-3H3. The van der Waals surface area contributed by atoms with E-state index in [9.17, 15) is 9.59 Å². The average Bonchev–Trinajstić information content (AvgIpc) is 2.59. The van der Waals surface area contributed by atoms with E-state index in [1.54, 1.807) is 12.1 Å². The van der Waals surface area contributed by atoms with Gasteiger partial charge in [0.05, 0.1) is 11.6 Å². The Morgan fingerprint density at radius 1 is 1.22 bits per heavy atom. The number of nitriles is 1. The molecular weight excluding hydrogens is 340 g/mol. The number of hydrogen-bond acceptors (Lipinski definition) is 4. The molecule has 2 saturated heterocycles. The highest BCUT2D eigenvalue weighted by molar-refractivity contribution is 5.84. The first-order chi connectivity index (χ1) is 12.8. The van der Waals surface area contributed by atoms with Crippen molar-refractivity contribution in [3.63, 3.8) is 0 Å². The Morgan fingerprint density at radius 2 is 1.89 bits per heavy atom. The number of piperidine rings is 2. The van der Waals surface area contributed by atoms with E-state index < -0.39 is 5.60 Å². The van der Waals surface area contributed by atoms with E-state index in [1.807, 2.05) is 37.8 Å². The van der Waals surface area contributed by atoms with Crippen LogP contribution in [0.4, 0.5) is 4.79 Å². The second-order valence-corrected chi connectivity index (χ2v) is 8.75. The maximum atomic E-state index is 12.9. The Morgan fingerprint density at radius 3 is 2.48 bits per heavy atom. The highest BCUT2D eigenvalue weighted by atomic mass is 16.6. The molecule has 2 bridgehead atoms. The number of carbonyl (C=O) groups excluding carboxylic acids is 2. The molecule has 2 unspecified atom stereocenters. The van der Waals surface area contributed by atoms with Crippen molar-refractivity contribution >= 4 is 11.9 Å². The number of rotatable bonds is 3. The van der Waals surface area contributed by atoms with Gasteiger partial charge in [0.15, 0.2) is 0 Å². The summed E-state index contributed by atoms with van der Waals surface area (Å²) in [6, 6.07) is 9.55. The Kier molecular flexibility index (Phi) is 5.55. The fourth-order valence-electron chi connectivity index (χ4n) is 4.35. The van der Waals surface area contributed by atoms with E-state index in [0.717, 1.165) is 24.8 Å². The number of Topliss-reactive ketones (excluding diaryl/α,β-unsaturated/α-hetero) is 1. The van der Waals surface area contributed by atoms with Gasteiger partial charge in [0, 0.05) is 24.4 Å². The van der Waals surface area contributed by atoms with E-state index in [1.165, 1.54) is 0 Å². The Labute approximate surface area is 161 Å². The zero-order valence-electron chi connectivity index (χ0n) is 16.4. The van der Waals surface area contributed by atoms with Crippen molar-refractivity contribution in [1.82, 2.24) is 4.90 Å². The first kappa shape index (κ1) is 19.4. The molecule has 5 nitrogen and oxygen atoms in total. The summed E-state index contributed by atoms with van der Waals surface area (Å²) in [5, 5.41) is 9.03. The number of nitrogens with zero attached hydrogens (tertiary/aromatic N) is 2. The molecule has 0 spiro atoms. The van der Waals surface area contributed by atoms with Crippen LogP contribution in [0, 0.1) is 17.2 Å². The smallest absolute Gasteiger partial charge is 0.410 e. The molecule has 2 fully saturated rings. The molecule has 0 saturated carbocycles. The van der Waals surface area contributed by atoms with Gasteiger partial charge in [0.25, 0.3) is 0 Å². The molecule has 2 atom stereocenters. The normalized spacial score (nSPS) is 24.8. The van der Waals surface area contributed by atoms with Gasteiger partial charge in [-0.25, -0.2) is 4.79 Å². The molecule has 1 aromatic carbocycles. The maximum absolute atomic E-state index is 12.9. The number of amides is 1. The molecule has 1 aromatic rings.